The standard InChI is InChI=1S/C34H39ClF2N3O12P/c1-19(2)51-33(44)47-17-49-53(46,50-18-48-34(45)52-20(3)4)24-9-10-25-26(21(5)41)15-39(28(25)12-24)16-30(42)40-14-23(36)11-29(40)32(43)38-13-22-7-6-8-27(35)31(22)37/h6-10,12,15,19-20,23,29H,11,13-14,16-18H2,1-5H3,(H,38,43). The molecule has 53 heavy (non-hydrogen) atoms. The molecule has 2 aromatic carbocycles. The van der Waals surface area contributed by atoms with Crippen molar-refractivity contribution in [2.24, 2.45) is 0 Å². The van der Waals surface area contributed by atoms with Crippen molar-refractivity contribution in [1.82, 2.24) is 14.8 Å². The van der Waals surface area contributed by atoms with Crippen LogP contribution in [0.15, 0.2) is 42.6 Å². The summed E-state index contributed by atoms with van der Waals surface area (Å²) in [4.78, 5) is 64.3. The van der Waals surface area contributed by atoms with Gasteiger partial charge >= 0.3 is 19.9 Å². The summed E-state index contributed by atoms with van der Waals surface area (Å²) in [5, 5.41) is 2.56. The van der Waals surface area contributed by atoms with Crippen molar-refractivity contribution in [2.75, 3.05) is 20.1 Å². The Morgan fingerprint density at radius 1 is 0.981 bits per heavy atom. The predicted molar refractivity (Wildman–Crippen MR) is 185 cm³/mol. The molecule has 2 atom stereocenters. The minimum Gasteiger partial charge on any atom is -0.432 e. The maximum absolute atomic E-state index is 14.7. The lowest BCUT2D eigenvalue weighted by Gasteiger charge is -2.24. The minimum atomic E-state index is -4.51. The molecule has 2 heterocycles. The number of nitrogens with zero attached hydrogens (tertiary/aromatic N) is 2. The van der Waals surface area contributed by atoms with E-state index in [1.165, 1.54) is 54.1 Å². The van der Waals surface area contributed by atoms with Gasteiger partial charge in [-0.05, 0) is 52.8 Å². The molecule has 0 spiro atoms. The van der Waals surface area contributed by atoms with E-state index in [0.29, 0.717) is 5.39 Å². The second kappa shape index (κ2) is 18.0. The number of amides is 2. The van der Waals surface area contributed by atoms with E-state index < -0.39 is 88.6 Å². The number of benzene rings is 2. The number of aromatic nitrogens is 1. The Hall–Kier alpha value is -4.57. The Bertz CT molecular complexity index is 1870. The SMILES string of the molecule is CC(=O)c1cn(CC(=O)N2CC(F)CC2C(=O)NCc2cccc(Cl)c2F)c2cc(P(=O)(OCOC(=O)OC(C)C)OCOC(=O)OC(C)C)ccc12. The van der Waals surface area contributed by atoms with Gasteiger partial charge in [-0.2, -0.15) is 0 Å². The molecule has 1 aliphatic rings. The van der Waals surface area contributed by atoms with Crippen LogP contribution in [-0.4, -0.2) is 83.9 Å². The Morgan fingerprint density at radius 2 is 1.60 bits per heavy atom. The van der Waals surface area contributed by atoms with Gasteiger partial charge in [0.05, 0.1) is 34.6 Å². The van der Waals surface area contributed by atoms with Crippen LogP contribution in [0.4, 0.5) is 18.4 Å². The number of alkyl halides is 1. The van der Waals surface area contributed by atoms with Crippen molar-refractivity contribution in [1.29, 1.82) is 0 Å². The van der Waals surface area contributed by atoms with Crippen molar-refractivity contribution in [3.8, 4) is 0 Å². The molecule has 1 saturated heterocycles. The number of Topliss-reactive ketones (excluding diaryl/α,β-unsaturated/α-hetero) is 1. The largest absolute Gasteiger partial charge is 0.510 e. The molecule has 0 aliphatic carbocycles. The van der Waals surface area contributed by atoms with Crippen LogP contribution in [0.1, 0.15) is 57.0 Å². The number of carbonyl (C=O) groups is 5. The van der Waals surface area contributed by atoms with Gasteiger partial charge in [-0.15, -0.1) is 0 Å². The zero-order chi connectivity index (χ0) is 39.0. The summed E-state index contributed by atoms with van der Waals surface area (Å²) in [5.41, 5.74) is 0.458. The molecule has 1 fully saturated rings. The number of halogens is 3. The van der Waals surface area contributed by atoms with Gasteiger partial charge in [0.15, 0.2) is 5.78 Å². The number of nitrogens with one attached hydrogen (secondary N) is 1. The topological polar surface area (TPSA) is 178 Å². The average Bonchev–Trinajstić information content (AvgIpc) is 3.65. The fourth-order valence-electron chi connectivity index (χ4n) is 5.32. The van der Waals surface area contributed by atoms with Crippen LogP contribution in [0, 0.1) is 5.82 Å². The van der Waals surface area contributed by atoms with Crippen LogP contribution in [0.3, 0.4) is 0 Å². The van der Waals surface area contributed by atoms with E-state index in [-0.39, 0.29) is 45.7 Å². The zero-order valence-corrected chi connectivity index (χ0v) is 31.1. The van der Waals surface area contributed by atoms with Crippen LogP contribution in [0.2, 0.25) is 5.02 Å². The Morgan fingerprint density at radius 3 is 2.19 bits per heavy atom. The maximum Gasteiger partial charge on any atom is 0.510 e. The molecule has 3 aromatic rings. The van der Waals surface area contributed by atoms with E-state index in [4.69, 9.17) is 39.6 Å². The molecule has 4 rings (SSSR count). The summed E-state index contributed by atoms with van der Waals surface area (Å²) < 4.78 is 74.7. The number of fused-ring (bicyclic) bond motifs is 1. The molecule has 288 valence electrons. The van der Waals surface area contributed by atoms with Gasteiger partial charge in [0.25, 0.3) is 0 Å². The normalized spacial score (nSPS) is 15.8. The Kier molecular flexibility index (Phi) is 14.0. The highest BCUT2D eigenvalue weighted by Gasteiger charge is 2.40. The second-order valence-electron chi connectivity index (χ2n) is 12.4. The highest BCUT2D eigenvalue weighted by atomic mass is 35.5. The smallest absolute Gasteiger partial charge is 0.432 e. The van der Waals surface area contributed by atoms with Crippen molar-refractivity contribution in [2.45, 2.75) is 78.6 Å². The fraction of sp³-hybridized carbons (Fsp3) is 0.441. The van der Waals surface area contributed by atoms with Crippen molar-refractivity contribution in [3.05, 3.63) is 64.6 Å². The number of rotatable bonds is 15. The van der Waals surface area contributed by atoms with Crippen LogP contribution in [0.5, 0.6) is 0 Å². The van der Waals surface area contributed by atoms with Crippen LogP contribution >= 0.6 is 19.2 Å². The van der Waals surface area contributed by atoms with E-state index in [1.807, 2.05) is 0 Å². The molecular formula is C34H39ClF2N3O12P. The molecule has 2 amide bonds. The van der Waals surface area contributed by atoms with Crippen LogP contribution in [0.25, 0.3) is 10.9 Å². The van der Waals surface area contributed by atoms with Crippen LogP contribution in [-0.2, 0) is 55.2 Å². The van der Waals surface area contributed by atoms with E-state index >= 15 is 0 Å². The Balaban J connectivity index is 1.60. The van der Waals surface area contributed by atoms with Crippen LogP contribution < -0.4 is 10.6 Å². The van der Waals surface area contributed by atoms with Crippen molar-refractivity contribution in [3.63, 3.8) is 0 Å². The number of hydrogen-bond donors (Lipinski definition) is 1. The first-order valence-electron chi connectivity index (χ1n) is 16.3. The van der Waals surface area contributed by atoms with Gasteiger partial charge in [0.2, 0.25) is 25.4 Å². The van der Waals surface area contributed by atoms with Gasteiger partial charge in [0.1, 0.15) is 24.6 Å². The lowest BCUT2D eigenvalue weighted by Crippen LogP contribution is -2.46. The predicted octanol–water partition coefficient (Wildman–Crippen LogP) is 5.78. The molecule has 2 unspecified atom stereocenters. The summed E-state index contributed by atoms with van der Waals surface area (Å²) in [6, 6.07) is 7.06. The average molecular weight is 786 g/mol. The van der Waals surface area contributed by atoms with Gasteiger partial charge in [-0.3, -0.25) is 28.0 Å². The summed E-state index contributed by atoms with van der Waals surface area (Å²) in [6.07, 6.45) is -3.77. The first kappa shape index (κ1) is 41.2. The third-order valence-corrected chi connectivity index (χ3v) is 9.78. The number of carbonyl (C=O) groups excluding carboxylic acids is 5. The maximum atomic E-state index is 14.7. The minimum absolute atomic E-state index is 0.0965. The van der Waals surface area contributed by atoms with E-state index in [1.54, 1.807) is 27.7 Å². The van der Waals surface area contributed by atoms with E-state index in [9.17, 15) is 37.3 Å². The molecule has 0 radical (unpaired) electrons. The molecule has 0 bridgehead atoms. The summed E-state index contributed by atoms with van der Waals surface area (Å²) in [7, 11) is -4.51. The van der Waals surface area contributed by atoms with Gasteiger partial charge in [0, 0.05) is 35.7 Å². The van der Waals surface area contributed by atoms with Gasteiger partial charge in [-0.1, -0.05) is 29.8 Å². The first-order chi connectivity index (χ1) is 25.0. The van der Waals surface area contributed by atoms with Gasteiger partial charge < -0.3 is 33.7 Å². The number of ether oxygens (including phenoxy) is 4. The van der Waals surface area contributed by atoms with E-state index in [0.717, 1.165) is 4.90 Å². The fourth-order valence-corrected chi connectivity index (χ4v) is 6.81. The second-order valence-corrected chi connectivity index (χ2v) is 14.8. The monoisotopic (exact) mass is 785 g/mol. The third-order valence-electron chi connectivity index (χ3n) is 7.69. The molecule has 1 aliphatic heterocycles. The third kappa shape index (κ3) is 10.7. The summed E-state index contributed by atoms with van der Waals surface area (Å²) >= 11 is 5.82. The summed E-state index contributed by atoms with van der Waals surface area (Å²) in [5.74, 6) is -2.51. The highest BCUT2D eigenvalue weighted by Crippen LogP contribution is 2.47. The van der Waals surface area contributed by atoms with Gasteiger partial charge in [-0.25, -0.2) is 18.4 Å². The number of ketones is 1. The number of hydrogen-bond acceptors (Lipinski definition) is 12. The first-order valence-corrected chi connectivity index (χ1v) is 18.3. The quantitative estimate of drug-likeness (QED) is 0.0852. The van der Waals surface area contributed by atoms with Crippen molar-refractivity contribution >= 4 is 65.3 Å². The zero-order valence-electron chi connectivity index (χ0n) is 29.5. The lowest BCUT2D eigenvalue weighted by atomic mass is 10.1. The number of likely N-dealkylation sites (tertiary alicyclic amines) is 1. The highest BCUT2D eigenvalue weighted by molar-refractivity contribution is 7.62. The molecule has 15 nitrogen and oxygen atoms in total. The van der Waals surface area contributed by atoms with Crippen molar-refractivity contribution < 1.29 is 65.3 Å². The lowest BCUT2D eigenvalue weighted by molar-refractivity contribution is -0.139. The molecule has 1 N–H and O–H groups in total. The molecule has 1 aromatic heterocycles. The molecular weight excluding hydrogens is 747 g/mol. The summed E-state index contributed by atoms with van der Waals surface area (Å²) in [6.45, 7) is 4.62. The van der Waals surface area contributed by atoms with E-state index in [2.05, 4.69) is 5.32 Å². The molecule has 0 saturated carbocycles. The Labute approximate surface area is 308 Å². The molecule has 19 heteroatoms.